The number of hydrogen-bond donors (Lipinski definition) is 0. The van der Waals surface area contributed by atoms with E-state index in [4.69, 9.17) is 9.16 Å². The minimum Gasteiger partial charge on any atom is -0.413 e. The van der Waals surface area contributed by atoms with Crippen molar-refractivity contribution in [1.29, 1.82) is 0 Å². The first kappa shape index (κ1) is 25.6. The summed E-state index contributed by atoms with van der Waals surface area (Å²) in [5.74, 6) is 0. The van der Waals surface area contributed by atoms with E-state index in [1.165, 1.54) is 11.8 Å². The first-order valence-electron chi connectivity index (χ1n) is 10.3. The fraction of sp³-hybridized carbons (Fsp3) is 0.818. The second-order valence-electron chi connectivity index (χ2n) is 10.5. The van der Waals surface area contributed by atoms with E-state index in [2.05, 4.69) is 61.2 Å². The third kappa shape index (κ3) is 8.93. The Morgan fingerprint density at radius 3 is 2.32 bits per heavy atom. The monoisotopic (exact) mass is 428 g/mol. The summed E-state index contributed by atoms with van der Waals surface area (Å²) in [5, 5.41) is 0.234. The molecule has 1 heterocycles. The van der Waals surface area contributed by atoms with Gasteiger partial charge in [0.2, 0.25) is 0 Å². The summed E-state index contributed by atoms with van der Waals surface area (Å²) in [6.45, 7) is 21.4. The van der Waals surface area contributed by atoms with E-state index in [1.54, 1.807) is 0 Å². The Morgan fingerprint density at radius 2 is 1.82 bits per heavy atom. The van der Waals surface area contributed by atoms with Gasteiger partial charge in [0, 0.05) is 17.6 Å². The molecule has 0 N–H and O–H groups in total. The van der Waals surface area contributed by atoms with Crippen molar-refractivity contribution in [2.24, 2.45) is 0 Å². The van der Waals surface area contributed by atoms with Crippen molar-refractivity contribution in [1.82, 2.24) is 0 Å². The van der Waals surface area contributed by atoms with Crippen LogP contribution in [0, 0.1) is 0 Å². The molecule has 28 heavy (non-hydrogen) atoms. The Kier molecular flexibility index (Phi) is 9.19. The molecule has 0 saturated carbocycles. The molecule has 1 aliphatic heterocycles. The predicted molar refractivity (Wildman–Crippen MR) is 121 cm³/mol. The summed E-state index contributed by atoms with van der Waals surface area (Å²) >= 11 is 1.38. The molecule has 1 saturated heterocycles. The molecule has 0 spiro atoms. The van der Waals surface area contributed by atoms with Gasteiger partial charge in [-0.25, -0.2) is 0 Å². The first-order chi connectivity index (χ1) is 12.6. The molecule has 0 bridgehead atoms. The maximum atomic E-state index is 12.7. The van der Waals surface area contributed by atoms with Gasteiger partial charge in [-0.2, -0.15) is 0 Å². The van der Waals surface area contributed by atoms with Crippen molar-refractivity contribution in [2.45, 2.75) is 115 Å². The van der Waals surface area contributed by atoms with Crippen LogP contribution in [0.1, 0.15) is 73.6 Å². The predicted octanol–water partition coefficient (Wildman–Crippen LogP) is 5.91. The Labute approximate surface area is 177 Å². The van der Waals surface area contributed by atoms with Crippen molar-refractivity contribution >= 4 is 31.5 Å². The third-order valence-corrected chi connectivity index (χ3v) is 10.9. The standard InChI is InChI=1S/C22H40O4SSi/c1-16-12-17(10-11-23)25-18(13-16)14-19(15-20(24)27-21(2,3)4)26-28(8,9)22(5,6)7/h11,17-19H,1,10,12-15H2,2-9H3/t17-,18-,19+/m0/s1. The van der Waals surface area contributed by atoms with E-state index < -0.39 is 8.32 Å². The number of rotatable bonds is 8. The van der Waals surface area contributed by atoms with Crippen LogP contribution in [0.2, 0.25) is 18.1 Å². The van der Waals surface area contributed by atoms with E-state index in [0.717, 1.165) is 24.7 Å². The van der Waals surface area contributed by atoms with Gasteiger partial charge < -0.3 is 14.0 Å². The van der Waals surface area contributed by atoms with Crippen molar-refractivity contribution in [2.75, 3.05) is 0 Å². The zero-order valence-electron chi connectivity index (χ0n) is 19.1. The van der Waals surface area contributed by atoms with Crippen molar-refractivity contribution in [3.05, 3.63) is 12.2 Å². The van der Waals surface area contributed by atoms with Crippen LogP contribution in [0.5, 0.6) is 0 Å². The lowest BCUT2D eigenvalue weighted by Crippen LogP contribution is -2.45. The van der Waals surface area contributed by atoms with Crippen LogP contribution in [0.25, 0.3) is 0 Å². The van der Waals surface area contributed by atoms with Gasteiger partial charge in [-0.1, -0.05) is 65.5 Å². The number of carbonyl (C=O) groups excluding carboxylic acids is 2. The number of thioether (sulfide) groups is 1. The number of hydrogen-bond acceptors (Lipinski definition) is 5. The van der Waals surface area contributed by atoms with Gasteiger partial charge in [0.25, 0.3) is 0 Å². The third-order valence-electron chi connectivity index (χ3n) is 5.38. The second-order valence-corrected chi connectivity index (χ2v) is 17.1. The quantitative estimate of drug-likeness (QED) is 0.273. The molecule has 0 amide bonds. The lowest BCUT2D eigenvalue weighted by molar-refractivity contribution is -0.114. The van der Waals surface area contributed by atoms with Crippen molar-refractivity contribution < 1.29 is 18.8 Å². The van der Waals surface area contributed by atoms with Crippen LogP contribution in [0.15, 0.2) is 12.2 Å². The van der Waals surface area contributed by atoms with Crippen LogP contribution in [-0.2, 0) is 18.8 Å². The zero-order valence-corrected chi connectivity index (χ0v) is 20.9. The minimum atomic E-state index is -2.02. The van der Waals surface area contributed by atoms with Crippen LogP contribution >= 0.6 is 11.8 Å². The fourth-order valence-corrected chi connectivity index (χ4v) is 5.43. The van der Waals surface area contributed by atoms with Crippen LogP contribution in [0.4, 0.5) is 0 Å². The van der Waals surface area contributed by atoms with E-state index >= 15 is 0 Å². The SMILES string of the molecule is C=C1C[C@H](CC=O)O[C@H](C[C@H](CC(=O)SC(C)(C)C)O[Si](C)(C)C(C)(C)C)C1. The molecular formula is C22H40O4SSi. The van der Waals surface area contributed by atoms with Gasteiger partial charge in [-0.15, -0.1) is 0 Å². The Morgan fingerprint density at radius 1 is 1.25 bits per heavy atom. The van der Waals surface area contributed by atoms with Gasteiger partial charge in [-0.05, 0) is 37.4 Å². The first-order valence-corrected chi connectivity index (χ1v) is 14.0. The van der Waals surface area contributed by atoms with Crippen molar-refractivity contribution in [3.8, 4) is 0 Å². The average Bonchev–Trinajstić information content (AvgIpc) is 2.42. The Bertz CT molecular complexity index is 560. The molecule has 6 heteroatoms. The molecule has 1 aliphatic rings. The van der Waals surface area contributed by atoms with Crippen LogP contribution < -0.4 is 0 Å². The molecule has 0 unspecified atom stereocenters. The molecule has 4 nitrogen and oxygen atoms in total. The van der Waals surface area contributed by atoms with E-state index in [9.17, 15) is 9.59 Å². The highest BCUT2D eigenvalue weighted by Gasteiger charge is 2.40. The van der Waals surface area contributed by atoms with Gasteiger partial charge in [0.15, 0.2) is 13.4 Å². The normalized spacial score (nSPS) is 22.8. The highest BCUT2D eigenvalue weighted by atomic mass is 32.2. The molecule has 0 aromatic carbocycles. The number of carbonyl (C=O) groups is 2. The highest BCUT2D eigenvalue weighted by molar-refractivity contribution is 8.14. The van der Waals surface area contributed by atoms with Crippen LogP contribution in [-0.4, -0.2) is 42.8 Å². The van der Waals surface area contributed by atoms with Gasteiger partial charge >= 0.3 is 0 Å². The smallest absolute Gasteiger partial charge is 0.192 e. The molecule has 0 aromatic heterocycles. The van der Waals surface area contributed by atoms with E-state index in [1.807, 2.05) is 0 Å². The molecule has 162 valence electrons. The summed E-state index contributed by atoms with van der Waals surface area (Å²) in [6.07, 6.45) is 3.54. The molecule has 3 atom stereocenters. The lowest BCUT2D eigenvalue weighted by atomic mass is 9.94. The summed E-state index contributed by atoms with van der Waals surface area (Å²) in [5.41, 5.74) is 1.12. The largest absolute Gasteiger partial charge is 0.413 e. The van der Waals surface area contributed by atoms with E-state index in [-0.39, 0.29) is 33.2 Å². The Balaban J connectivity index is 2.91. The van der Waals surface area contributed by atoms with Gasteiger partial charge in [-0.3, -0.25) is 4.79 Å². The summed E-state index contributed by atoms with van der Waals surface area (Å²) < 4.78 is 12.7. The average molecular weight is 429 g/mol. The summed E-state index contributed by atoms with van der Waals surface area (Å²) in [4.78, 5) is 23.6. The molecule has 1 fully saturated rings. The molecule has 0 aliphatic carbocycles. The lowest BCUT2D eigenvalue weighted by Gasteiger charge is -2.41. The van der Waals surface area contributed by atoms with E-state index in [0.29, 0.717) is 19.3 Å². The summed E-state index contributed by atoms with van der Waals surface area (Å²) in [6, 6.07) is 0. The molecule has 1 rings (SSSR count). The maximum Gasteiger partial charge on any atom is 0.192 e. The van der Waals surface area contributed by atoms with Crippen LogP contribution in [0.3, 0.4) is 0 Å². The minimum absolute atomic E-state index is 0.0478. The highest BCUT2D eigenvalue weighted by Crippen LogP contribution is 2.39. The maximum absolute atomic E-state index is 12.7. The second kappa shape index (κ2) is 10.1. The number of aldehydes is 1. The number of ether oxygens (including phenoxy) is 1. The summed E-state index contributed by atoms with van der Waals surface area (Å²) in [7, 11) is -2.02. The Hall–Kier alpha value is -0.433. The van der Waals surface area contributed by atoms with Gasteiger partial charge in [0.05, 0.1) is 18.3 Å². The topological polar surface area (TPSA) is 52.6 Å². The fourth-order valence-electron chi connectivity index (χ4n) is 3.11. The molecule has 0 radical (unpaired) electrons. The molecular weight excluding hydrogens is 388 g/mol. The van der Waals surface area contributed by atoms with Crippen molar-refractivity contribution in [3.63, 3.8) is 0 Å². The molecule has 0 aromatic rings. The van der Waals surface area contributed by atoms with Gasteiger partial charge in [0.1, 0.15) is 6.29 Å². The zero-order chi connectivity index (χ0) is 21.8.